The van der Waals surface area contributed by atoms with Crippen LogP contribution in [-0.4, -0.2) is 52.7 Å². The Balaban J connectivity index is 1.35. The van der Waals surface area contributed by atoms with Crippen molar-refractivity contribution in [3.05, 3.63) is 95.0 Å². The highest BCUT2D eigenvalue weighted by Crippen LogP contribution is 2.20. The quantitative estimate of drug-likeness (QED) is 0.200. The van der Waals surface area contributed by atoms with Crippen molar-refractivity contribution in [2.75, 3.05) is 18.8 Å². The summed E-state index contributed by atoms with van der Waals surface area (Å²) in [5.74, 6) is 0.833. The SMILES string of the molecule is O=C(CN(Cc1ccc(Br)cc1)S(=O)(=O)c1ccccc1)NCCSc1n[nH]c(-c2ccccc2)n1. The normalized spacial score (nSPS) is 11.5. The molecule has 36 heavy (non-hydrogen) atoms. The third kappa shape index (κ3) is 7.03. The maximum Gasteiger partial charge on any atom is 0.243 e. The number of benzene rings is 3. The molecule has 0 aliphatic carbocycles. The number of carbonyl (C=O) groups excluding carboxylic acids is 1. The van der Waals surface area contributed by atoms with Crippen LogP contribution in [0.2, 0.25) is 0 Å². The molecule has 0 saturated carbocycles. The van der Waals surface area contributed by atoms with E-state index in [0.717, 1.165) is 15.6 Å². The topological polar surface area (TPSA) is 108 Å². The van der Waals surface area contributed by atoms with Crippen molar-refractivity contribution >= 4 is 43.6 Å². The van der Waals surface area contributed by atoms with Gasteiger partial charge in [0.05, 0.1) is 11.4 Å². The maximum atomic E-state index is 13.3. The van der Waals surface area contributed by atoms with E-state index < -0.39 is 10.0 Å². The van der Waals surface area contributed by atoms with Gasteiger partial charge in [-0.05, 0) is 29.8 Å². The van der Waals surface area contributed by atoms with E-state index >= 15 is 0 Å². The number of aromatic nitrogens is 3. The van der Waals surface area contributed by atoms with Gasteiger partial charge in [-0.25, -0.2) is 13.4 Å². The third-order valence-corrected chi connectivity index (χ3v) is 8.32. The predicted octanol–water partition coefficient (Wildman–Crippen LogP) is 4.33. The van der Waals surface area contributed by atoms with Crippen molar-refractivity contribution in [1.29, 1.82) is 0 Å². The van der Waals surface area contributed by atoms with Gasteiger partial charge < -0.3 is 5.32 Å². The smallest absolute Gasteiger partial charge is 0.243 e. The van der Waals surface area contributed by atoms with E-state index in [1.165, 1.54) is 28.2 Å². The van der Waals surface area contributed by atoms with Gasteiger partial charge in [0.25, 0.3) is 0 Å². The number of nitrogens with one attached hydrogen (secondary N) is 2. The summed E-state index contributed by atoms with van der Waals surface area (Å²) in [6.07, 6.45) is 0. The largest absolute Gasteiger partial charge is 0.354 e. The average molecular weight is 587 g/mol. The number of sulfonamides is 1. The molecule has 0 aliphatic heterocycles. The molecular weight excluding hydrogens is 562 g/mol. The maximum absolute atomic E-state index is 13.3. The van der Waals surface area contributed by atoms with E-state index in [9.17, 15) is 13.2 Å². The van der Waals surface area contributed by atoms with Crippen molar-refractivity contribution in [2.24, 2.45) is 0 Å². The van der Waals surface area contributed by atoms with E-state index in [2.05, 4.69) is 36.4 Å². The van der Waals surface area contributed by atoms with Crippen LogP contribution < -0.4 is 5.32 Å². The van der Waals surface area contributed by atoms with Crippen molar-refractivity contribution in [1.82, 2.24) is 24.8 Å². The minimum Gasteiger partial charge on any atom is -0.354 e. The molecule has 0 atom stereocenters. The summed E-state index contributed by atoms with van der Waals surface area (Å²) in [5.41, 5.74) is 1.72. The Morgan fingerprint density at radius 2 is 1.64 bits per heavy atom. The number of hydrogen-bond donors (Lipinski definition) is 2. The number of halogens is 1. The monoisotopic (exact) mass is 585 g/mol. The second-order valence-electron chi connectivity index (χ2n) is 7.74. The first-order valence-electron chi connectivity index (χ1n) is 11.1. The zero-order chi connectivity index (χ0) is 25.4. The van der Waals surface area contributed by atoms with Gasteiger partial charge in [0.2, 0.25) is 21.1 Å². The summed E-state index contributed by atoms with van der Waals surface area (Å²) in [4.78, 5) is 17.3. The molecule has 4 rings (SSSR count). The molecule has 1 amide bonds. The Bertz CT molecular complexity index is 1380. The first-order valence-corrected chi connectivity index (χ1v) is 14.3. The number of aromatic amines is 1. The van der Waals surface area contributed by atoms with Crippen LogP contribution in [0.5, 0.6) is 0 Å². The highest BCUT2D eigenvalue weighted by atomic mass is 79.9. The van der Waals surface area contributed by atoms with Crippen molar-refractivity contribution in [2.45, 2.75) is 16.6 Å². The van der Waals surface area contributed by atoms with Crippen molar-refractivity contribution in [3.63, 3.8) is 0 Å². The van der Waals surface area contributed by atoms with Gasteiger partial charge >= 0.3 is 0 Å². The van der Waals surface area contributed by atoms with Crippen LogP contribution >= 0.6 is 27.7 Å². The van der Waals surface area contributed by atoms with E-state index in [-0.39, 0.29) is 23.9 Å². The first kappa shape index (κ1) is 26.1. The lowest BCUT2D eigenvalue weighted by Gasteiger charge is -2.22. The van der Waals surface area contributed by atoms with Gasteiger partial charge in [0.15, 0.2) is 5.82 Å². The molecule has 0 aliphatic rings. The second kappa shape index (κ2) is 12.3. The predicted molar refractivity (Wildman–Crippen MR) is 144 cm³/mol. The highest BCUT2D eigenvalue weighted by Gasteiger charge is 2.26. The van der Waals surface area contributed by atoms with Crippen LogP contribution in [0.15, 0.2) is 99.5 Å². The van der Waals surface area contributed by atoms with Gasteiger partial charge in [-0.1, -0.05) is 88.4 Å². The number of rotatable bonds is 11. The molecule has 1 aromatic heterocycles. The summed E-state index contributed by atoms with van der Waals surface area (Å²) < 4.78 is 28.7. The van der Waals surface area contributed by atoms with Gasteiger partial charge in [-0.3, -0.25) is 9.89 Å². The summed E-state index contributed by atoms with van der Waals surface area (Å²) >= 11 is 4.78. The molecule has 1 heterocycles. The lowest BCUT2D eigenvalue weighted by molar-refractivity contribution is -0.121. The Kier molecular flexibility index (Phi) is 8.92. The summed E-state index contributed by atoms with van der Waals surface area (Å²) in [5, 5.41) is 10.5. The number of nitrogens with zero attached hydrogens (tertiary/aromatic N) is 3. The van der Waals surface area contributed by atoms with Crippen molar-refractivity contribution in [3.8, 4) is 11.4 Å². The molecule has 0 spiro atoms. The number of thioether (sulfide) groups is 1. The van der Waals surface area contributed by atoms with Crippen LogP contribution in [0.25, 0.3) is 11.4 Å². The lowest BCUT2D eigenvalue weighted by Crippen LogP contribution is -2.40. The van der Waals surface area contributed by atoms with Crippen LogP contribution in [0, 0.1) is 0 Å². The molecule has 8 nitrogen and oxygen atoms in total. The number of carbonyl (C=O) groups is 1. The molecule has 0 saturated heterocycles. The van der Waals surface area contributed by atoms with Crippen LogP contribution in [0.3, 0.4) is 0 Å². The molecule has 186 valence electrons. The molecule has 3 aromatic carbocycles. The Labute approximate surface area is 222 Å². The average Bonchev–Trinajstić information content (AvgIpc) is 3.37. The fourth-order valence-corrected chi connectivity index (χ4v) is 5.67. The van der Waals surface area contributed by atoms with Crippen LogP contribution in [0.4, 0.5) is 0 Å². The molecule has 0 bridgehead atoms. The van der Waals surface area contributed by atoms with Gasteiger partial charge in [0, 0.05) is 28.9 Å². The Hall–Kier alpha value is -2.99. The summed E-state index contributed by atoms with van der Waals surface area (Å²) in [6, 6.07) is 25.1. The van der Waals surface area contributed by atoms with Gasteiger partial charge in [-0.15, -0.1) is 5.10 Å². The highest BCUT2D eigenvalue weighted by molar-refractivity contribution is 9.10. The van der Waals surface area contributed by atoms with E-state index in [1.54, 1.807) is 18.2 Å². The summed E-state index contributed by atoms with van der Waals surface area (Å²) in [7, 11) is -3.87. The second-order valence-corrected chi connectivity index (χ2v) is 11.7. The third-order valence-electron chi connectivity index (χ3n) is 5.14. The molecule has 0 unspecified atom stereocenters. The van der Waals surface area contributed by atoms with Gasteiger partial charge in [-0.2, -0.15) is 4.31 Å². The number of hydrogen-bond acceptors (Lipinski definition) is 6. The standard InChI is InChI=1S/C25H24BrN5O3S2/c26-21-13-11-19(12-14-21)17-31(36(33,34)22-9-5-2-6-10-22)18-23(32)27-15-16-35-25-28-24(29-30-25)20-7-3-1-4-8-20/h1-14H,15-18H2,(H,27,32)(H,28,29,30). The lowest BCUT2D eigenvalue weighted by atomic mass is 10.2. The van der Waals surface area contributed by atoms with E-state index in [1.807, 2.05) is 54.6 Å². The molecular formula is C25H24BrN5O3S2. The summed E-state index contributed by atoms with van der Waals surface area (Å²) in [6.45, 7) is 0.124. The van der Waals surface area contributed by atoms with Gasteiger partial charge in [0.1, 0.15) is 0 Å². The van der Waals surface area contributed by atoms with E-state index in [4.69, 9.17) is 0 Å². The molecule has 2 N–H and O–H groups in total. The van der Waals surface area contributed by atoms with E-state index in [0.29, 0.717) is 23.3 Å². The zero-order valence-electron chi connectivity index (χ0n) is 19.2. The van der Waals surface area contributed by atoms with Crippen LogP contribution in [0.1, 0.15) is 5.56 Å². The van der Waals surface area contributed by atoms with Crippen molar-refractivity contribution < 1.29 is 13.2 Å². The fraction of sp³-hybridized carbons (Fsp3) is 0.160. The zero-order valence-corrected chi connectivity index (χ0v) is 22.4. The minimum atomic E-state index is -3.87. The molecule has 11 heteroatoms. The Morgan fingerprint density at radius 3 is 2.33 bits per heavy atom. The fourth-order valence-electron chi connectivity index (χ4n) is 3.35. The first-order chi connectivity index (χ1) is 17.4. The molecule has 0 fully saturated rings. The van der Waals surface area contributed by atoms with Crippen LogP contribution in [-0.2, 0) is 21.4 Å². The number of amides is 1. The number of H-pyrrole nitrogens is 1. The molecule has 4 aromatic rings. The molecule has 0 radical (unpaired) electrons. The Morgan fingerprint density at radius 1 is 0.972 bits per heavy atom. The minimum absolute atomic E-state index is 0.0755.